The first-order valence-electron chi connectivity index (χ1n) is 7.05. The number of nitrogens with one attached hydrogen (secondary N) is 1. The van der Waals surface area contributed by atoms with Crippen molar-refractivity contribution >= 4 is 11.9 Å². The molecule has 0 aliphatic rings. The van der Waals surface area contributed by atoms with Crippen LogP contribution >= 0.6 is 0 Å². The van der Waals surface area contributed by atoms with Crippen LogP contribution in [-0.4, -0.2) is 17.0 Å². The maximum atomic E-state index is 12.2. The Morgan fingerprint density at radius 1 is 1.15 bits per heavy atom. The van der Waals surface area contributed by atoms with Crippen LogP contribution in [0.2, 0.25) is 0 Å². The minimum absolute atomic E-state index is 0.0582. The first-order valence-corrected chi connectivity index (χ1v) is 7.05. The first-order chi connectivity index (χ1) is 9.47. The molecule has 0 aliphatic heterocycles. The third-order valence-corrected chi connectivity index (χ3v) is 3.65. The molecule has 0 bridgehead atoms. The number of aliphatic carboxylic acids is 1. The van der Waals surface area contributed by atoms with E-state index in [0.717, 1.165) is 18.4 Å². The van der Waals surface area contributed by atoms with E-state index in [4.69, 9.17) is 5.11 Å². The summed E-state index contributed by atoms with van der Waals surface area (Å²) in [5.74, 6) is -2.38. The number of rotatable bonds is 7. The first kappa shape index (κ1) is 16.2. The van der Waals surface area contributed by atoms with Crippen LogP contribution in [-0.2, 0) is 9.59 Å². The van der Waals surface area contributed by atoms with Gasteiger partial charge in [-0.3, -0.25) is 9.59 Å². The maximum absolute atomic E-state index is 12.2. The molecule has 3 unspecified atom stereocenters. The molecular weight excluding hydrogens is 254 g/mol. The maximum Gasteiger partial charge on any atom is 0.307 e. The minimum atomic E-state index is -0.945. The van der Waals surface area contributed by atoms with Gasteiger partial charge in [0.2, 0.25) is 5.91 Å². The van der Waals surface area contributed by atoms with E-state index in [1.165, 1.54) is 0 Å². The average Bonchev–Trinajstić information content (AvgIpc) is 2.45. The predicted octanol–water partition coefficient (Wildman–Crippen LogP) is 3.00. The van der Waals surface area contributed by atoms with Gasteiger partial charge in [0.15, 0.2) is 0 Å². The third kappa shape index (κ3) is 4.37. The van der Waals surface area contributed by atoms with Crippen molar-refractivity contribution in [3.63, 3.8) is 0 Å². The van der Waals surface area contributed by atoms with Gasteiger partial charge >= 0.3 is 5.97 Å². The van der Waals surface area contributed by atoms with Crippen molar-refractivity contribution in [1.29, 1.82) is 0 Å². The van der Waals surface area contributed by atoms with Gasteiger partial charge < -0.3 is 10.4 Å². The Balaban J connectivity index is 2.76. The summed E-state index contributed by atoms with van der Waals surface area (Å²) < 4.78 is 0. The van der Waals surface area contributed by atoms with Crippen LogP contribution in [0.4, 0.5) is 0 Å². The lowest BCUT2D eigenvalue weighted by Crippen LogP contribution is -2.37. The van der Waals surface area contributed by atoms with Crippen molar-refractivity contribution in [2.24, 2.45) is 11.8 Å². The summed E-state index contributed by atoms with van der Waals surface area (Å²) in [7, 11) is 0. The molecule has 4 nitrogen and oxygen atoms in total. The Hall–Kier alpha value is -1.84. The zero-order valence-corrected chi connectivity index (χ0v) is 12.3. The van der Waals surface area contributed by atoms with Gasteiger partial charge in [0, 0.05) is 5.92 Å². The Morgan fingerprint density at radius 2 is 1.75 bits per heavy atom. The van der Waals surface area contributed by atoms with Gasteiger partial charge in [0.1, 0.15) is 0 Å². The molecule has 3 atom stereocenters. The highest BCUT2D eigenvalue weighted by Crippen LogP contribution is 2.20. The second kappa shape index (κ2) is 7.68. The fraction of sp³-hybridized carbons (Fsp3) is 0.500. The van der Waals surface area contributed by atoms with E-state index in [9.17, 15) is 9.59 Å². The van der Waals surface area contributed by atoms with Gasteiger partial charge in [-0.05, 0) is 12.0 Å². The SMILES string of the molecule is CCCC(NC(=O)C(C)C(C)C(=O)O)c1ccccc1. The third-order valence-electron chi connectivity index (χ3n) is 3.65. The summed E-state index contributed by atoms with van der Waals surface area (Å²) in [5.41, 5.74) is 1.05. The van der Waals surface area contributed by atoms with Crippen LogP contribution in [0.1, 0.15) is 45.2 Å². The second-order valence-electron chi connectivity index (χ2n) is 5.18. The molecule has 0 fully saturated rings. The van der Waals surface area contributed by atoms with Crippen molar-refractivity contribution in [3.8, 4) is 0 Å². The van der Waals surface area contributed by atoms with Crippen molar-refractivity contribution in [2.75, 3.05) is 0 Å². The number of hydrogen-bond acceptors (Lipinski definition) is 2. The highest BCUT2D eigenvalue weighted by Gasteiger charge is 2.27. The molecule has 4 heteroatoms. The lowest BCUT2D eigenvalue weighted by atomic mass is 9.94. The topological polar surface area (TPSA) is 66.4 Å². The molecule has 2 N–H and O–H groups in total. The summed E-state index contributed by atoms with van der Waals surface area (Å²) in [6.45, 7) is 5.28. The molecule has 0 aliphatic carbocycles. The monoisotopic (exact) mass is 277 g/mol. The van der Waals surface area contributed by atoms with Gasteiger partial charge in [0.05, 0.1) is 12.0 Å². The summed E-state index contributed by atoms with van der Waals surface area (Å²) in [6.07, 6.45) is 1.78. The van der Waals surface area contributed by atoms with E-state index in [1.54, 1.807) is 13.8 Å². The van der Waals surface area contributed by atoms with Crippen molar-refractivity contribution in [3.05, 3.63) is 35.9 Å². The van der Waals surface area contributed by atoms with Crippen LogP contribution in [0, 0.1) is 11.8 Å². The normalized spacial score (nSPS) is 15.2. The van der Waals surface area contributed by atoms with Crippen molar-refractivity contribution in [1.82, 2.24) is 5.32 Å². The summed E-state index contributed by atoms with van der Waals surface area (Å²) in [6, 6.07) is 9.71. The largest absolute Gasteiger partial charge is 0.481 e. The number of carboxylic acids is 1. The molecule has 0 radical (unpaired) electrons. The number of carboxylic acid groups (broad SMARTS) is 1. The Labute approximate surface area is 120 Å². The van der Waals surface area contributed by atoms with Crippen LogP contribution < -0.4 is 5.32 Å². The Bertz CT molecular complexity index is 444. The lowest BCUT2D eigenvalue weighted by molar-refractivity contribution is -0.146. The van der Waals surface area contributed by atoms with E-state index in [2.05, 4.69) is 12.2 Å². The number of carbonyl (C=O) groups is 2. The van der Waals surface area contributed by atoms with Crippen molar-refractivity contribution in [2.45, 2.75) is 39.7 Å². The van der Waals surface area contributed by atoms with Gasteiger partial charge in [0.25, 0.3) is 0 Å². The minimum Gasteiger partial charge on any atom is -0.481 e. The molecule has 110 valence electrons. The molecule has 1 aromatic carbocycles. The standard InChI is InChI=1S/C16H23NO3/c1-4-8-14(13-9-6-5-7-10-13)17-15(18)11(2)12(3)16(19)20/h5-7,9-12,14H,4,8H2,1-3H3,(H,17,18)(H,19,20). The van der Waals surface area contributed by atoms with Gasteiger partial charge in [-0.2, -0.15) is 0 Å². The molecule has 0 saturated heterocycles. The molecule has 1 rings (SSSR count). The zero-order chi connectivity index (χ0) is 15.1. The number of carbonyl (C=O) groups excluding carboxylic acids is 1. The summed E-state index contributed by atoms with van der Waals surface area (Å²) in [5, 5.41) is 11.9. The molecule has 1 aromatic rings. The zero-order valence-electron chi connectivity index (χ0n) is 12.3. The van der Waals surface area contributed by atoms with Crippen LogP contribution in [0.15, 0.2) is 30.3 Å². The molecule has 0 saturated carbocycles. The van der Waals surface area contributed by atoms with E-state index in [0.29, 0.717) is 0 Å². The van der Waals surface area contributed by atoms with Gasteiger partial charge in [-0.25, -0.2) is 0 Å². The molecule has 1 amide bonds. The van der Waals surface area contributed by atoms with Crippen molar-refractivity contribution < 1.29 is 14.7 Å². The quantitative estimate of drug-likeness (QED) is 0.805. The predicted molar refractivity (Wildman–Crippen MR) is 78.2 cm³/mol. The molecule has 0 spiro atoms. The van der Waals surface area contributed by atoms with E-state index < -0.39 is 17.8 Å². The van der Waals surface area contributed by atoms with Crippen LogP contribution in [0.5, 0.6) is 0 Å². The average molecular weight is 277 g/mol. The van der Waals surface area contributed by atoms with Gasteiger partial charge in [-0.15, -0.1) is 0 Å². The highest BCUT2D eigenvalue weighted by molar-refractivity contribution is 5.84. The van der Waals surface area contributed by atoms with E-state index >= 15 is 0 Å². The fourth-order valence-electron chi connectivity index (χ4n) is 2.04. The van der Waals surface area contributed by atoms with Gasteiger partial charge in [-0.1, -0.05) is 57.5 Å². The van der Waals surface area contributed by atoms with Crippen LogP contribution in [0.25, 0.3) is 0 Å². The Morgan fingerprint density at radius 3 is 2.25 bits per heavy atom. The fourth-order valence-corrected chi connectivity index (χ4v) is 2.04. The number of benzene rings is 1. The highest BCUT2D eigenvalue weighted by atomic mass is 16.4. The molecule has 0 heterocycles. The molecule has 20 heavy (non-hydrogen) atoms. The second-order valence-corrected chi connectivity index (χ2v) is 5.18. The Kier molecular flexibility index (Phi) is 6.22. The number of amides is 1. The summed E-state index contributed by atoms with van der Waals surface area (Å²) in [4.78, 5) is 23.1. The molecular formula is C16H23NO3. The number of hydrogen-bond donors (Lipinski definition) is 2. The van der Waals surface area contributed by atoms with Crippen LogP contribution in [0.3, 0.4) is 0 Å². The lowest BCUT2D eigenvalue weighted by Gasteiger charge is -2.22. The smallest absolute Gasteiger partial charge is 0.307 e. The summed E-state index contributed by atoms with van der Waals surface area (Å²) >= 11 is 0. The van der Waals surface area contributed by atoms with E-state index in [1.807, 2.05) is 30.3 Å². The van der Waals surface area contributed by atoms with E-state index in [-0.39, 0.29) is 11.9 Å². The molecule has 0 aromatic heterocycles.